The van der Waals surface area contributed by atoms with Crippen LogP contribution in [0.1, 0.15) is 20.3 Å². The highest BCUT2D eigenvalue weighted by atomic mass is 16.2. The molecule has 6 heteroatoms. The number of pyridine rings is 1. The summed E-state index contributed by atoms with van der Waals surface area (Å²) < 4.78 is 1.65. The number of nitrogens with one attached hydrogen (secondary N) is 1. The standard InChI is InChI=1S/C14H19N5O/c1-10(2)8-12(15)14(20)18-11-4-5-13(16-9-11)19-7-3-6-17-19/h3-7,9-10,12H,8,15H2,1-2H3,(H,18,20). The van der Waals surface area contributed by atoms with E-state index in [9.17, 15) is 4.79 Å². The molecule has 2 aromatic heterocycles. The molecule has 0 bridgehead atoms. The number of carbonyl (C=O) groups excluding carboxylic acids is 1. The van der Waals surface area contributed by atoms with E-state index >= 15 is 0 Å². The van der Waals surface area contributed by atoms with E-state index in [1.54, 1.807) is 35.4 Å². The van der Waals surface area contributed by atoms with Crippen LogP contribution in [-0.2, 0) is 4.79 Å². The molecule has 0 saturated carbocycles. The molecule has 1 atom stereocenters. The minimum atomic E-state index is -0.499. The van der Waals surface area contributed by atoms with Gasteiger partial charge in [0.25, 0.3) is 0 Å². The first-order valence-electron chi connectivity index (χ1n) is 6.59. The summed E-state index contributed by atoms with van der Waals surface area (Å²) in [4.78, 5) is 16.1. The lowest BCUT2D eigenvalue weighted by molar-refractivity contribution is -0.117. The summed E-state index contributed by atoms with van der Waals surface area (Å²) in [7, 11) is 0. The Morgan fingerprint density at radius 3 is 2.80 bits per heavy atom. The summed E-state index contributed by atoms with van der Waals surface area (Å²) in [6.45, 7) is 4.07. The highest BCUT2D eigenvalue weighted by Crippen LogP contribution is 2.10. The molecule has 0 aliphatic carbocycles. The normalized spacial score (nSPS) is 12.4. The molecular weight excluding hydrogens is 254 g/mol. The Bertz CT molecular complexity index is 547. The van der Waals surface area contributed by atoms with E-state index in [4.69, 9.17) is 5.73 Å². The summed E-state index contributed by atoms with van der Waals surface area (Å²) in [6.07, 6.45) is 5.74. The molecule has 2 aromatic rings. The third-order valence-electron chi connectivity index (χ3n) is 2.82. The SMILES string of the molecule is CC(C)CC(N)C(=O)Nc1ccc(-n2cccn2)nc1. The molecule has 0 aliphatic rings. The fourth-order valence-electron chi connectivity index (χ4n) is 1.85. The lowest BCUT2D eigenvalue weighted by Crippen LogP contribution is -2.36. The van der Waals surface area contributed by atoms with Gasteiger partial charge in [0.1, 0.15) is 0 Å². The molecular formula is C14H19N5O. The van der Waals surface area contributed by atoms with Crippen molar-refractivity contribution in [1.29, 1.82) is 0 Å². The van der Waals surface area contributed by atoms with Crippen molar-refractivity contribution in [3.05, 3.63) is 36.8 Å². The molecule has 1 amide bonds. The third kappa shape index (κ3) is 3.64. The summed E-state index contributed by atoms with van der Waals surface area (Å²) in [5.41, 5.74) is 6.46. The zero-order chi connectivity index (χ0) is 14.5. The molecule has 0 radical (unpaired) electrons. The molecule has 3 N–H and O–H groups in total. The number of nitrogens with zero attached hydrogens (tertiary/aromatic N) is 3. The number of rotatable bonds is 5. The molecule has 0 aliphatic heterocycles. The first kappa shape index (κ1) is 14.2. The van der Waals surface area contributed by atoms with E-state index in [1.807, 2.05) is 19.9 Å². The second kappa shape index (κ2) is 6.29. The average molecular weight is 273 g/mol. The Labute approximate surface area is 118 Å². The number of carbonyl (C=O) groups is 1. The predicted octanol–water partition coefficient (Wildman–Crippen LogP) is 1.58. The zero-order valence-corrected chi connectivity index (χ0v) is 11.7. The van der Waals surface area contributed by atoms with Crippen LogP contribution < -0.4 is 11.1 Å². The Balaban J connectivity index is 1.99. The van der Waals surface area contributed by atoms with Crippen molar-refractivity contribution in [1.82, 2.24) is 14.8 Å². The van der Waals surface area contributed by atoms with E-state index < -0.39 is 6.04 Å². The van der Waals surface area contributed by atoms with Gasteiger partial charge in [0, 0.05) is 12.4 Å². The molecule has 1 unspecified atom stereocenters. The Hall–Kier alpha value is -2.21. The number of aromatic nitrogens is 3. The molecule has 0 saturated heterocycles. The molecule has 106 valence electrons. The molecule has 0 aromatic carbocycles. The summed E-state index contributed by atoms with van der Waals surface area (Å²) in [6, 6.07) is 4.89. The lowest BCUT2D eigenvalue weighted by atomic mass is 10.0. The topological polar surface area (TPSA) is 85.8 Å². The number of hydrogen-bond donors (Lipinski definition) is 2. The fourth-order valence-corrected chi connectivity index (χ4v) is 1.85. The van der Waals surface area contributed by atoms with Crippen LogP contribution in [-0.4, -0.2) is 26.7 Å². The molecule has 0 fully saturated rings. The van der Waals surface area contributed by atoms with E-state index in [0.717, 1.165) is 0 Å². The van der Waals surface area contributed by atoms with Crippen molar-refractivity contribution in [3.8, 4) is 5.82 Å². The van der Waals surface area contributed by atoms with Crippen LogP contribution in [0.3, 0.4) is 0 Å². The van der Waals surface area contributed by atoms with E-state index in [0.29, 0.717) is 23.8 Å². The maximum atomic E-state index is 11.9. The third-order valence-corrected chi connectivity index (χ3v) is 2.82. The van der Waals surface area contributed by atoms with Crippen molar-refractivity contribution in [2.75, 3.05) is 5.32 Å². The number of hydrogen-bond acceptors (Lipinski definition) is 4. The fraction of sp³-hybridized carbons (Fsp3) is 0.357. The monoisotopic (exact) mass is 273 g/mol. The molecule has 6 nitrogen and oxygen atoms in total. The van der Waals surface area contributed by atoms with Crippen LogP contribution >= 0.6 is 0 Å². The molecule has 2 heterocycles. The van der Waals surface area contributed by atoms with Crippen LogP contribution in [0, 0.1) is 5.92 Å². The first-order chi connectivity index (χ1) is 9.56. The Kier molecular flexibility index (Phi) is 4.47. The van der Waals surface area contributed by atoms with E-state index in [1.165, 1.54) is 0 Å². The van der Waals surface area contributed by atoms with Gasteiger partial charge in [0.2, 0.25) is 5.91 Å². The Morgan fingerprint density at radius 1 is 1.45 bits per heavy atom. The lowest BCUT2D eigenvalue weighted by Gasteiger charge is -2.14. The van der Waals surface area contributed by atoms with Crippen LogP contribution in [0.25, 0.3) is 5.82 Å². The maximum Gasteiger partial charge on any atom is 0.241 e. The molecule has 2 rings (SSSR count). The highest BCUT2D eigenvalue weighted by molar-refractivity contribution is 5.94. The van der Waals surface area contributed by atoms with Gasteiger partial charge in [-0.05, 0) is 30.5 Å². The van der Waals surface area contributed by atoms with E-state index in [-0.39, 0.29) is 5.91 Å². The quantitative estimate of drug-likeness (QED) is 0.866. The van der Waals surface area contributed by atoms with Crippen molar-refractivity contribution in [2.24, 2.45) is 11.7 Å². The van der Waals surface area contributed by atoms with Crippen LogP contribution in [0.15, 0.2) is 36.8 Å². The van der Waals surface area contributed by atoms with E-state index in [2.05, 4.69) is 15.4 Å². The number of amides is 1. The first-order valence-corrected chi connectivity index (χ1v) is 6.59. The summed E-state index contributed by atoms with van der Waals surface area (Å²) >= 11 is 0. The minimum Gasteiger partial charge on any atom is -0.323 e. The summed E-state index contributed by atoms with van der Waals surface area (Å²) in [5, 5.41) is 6.85. The van der Waals surface area contributed by atoms with Crippen molar-refractivity contribution in [2.45, 2.75) is 26.3 Å². The van der Waals surface area contributed by atoms with Crippen molar-refractivity contribution in [3.63, 3.8) is 0 Å². The predicted molar refractivity (Wildman–Crippen MR) is 77.4 cm³/mol. The Morgan fingerprint density at radius 2 is 2.25 bits per heavy atom. The van der Waals surface area contributed by atoms with Gasteiger partial charge in [-0.3, -0.25) is 4.79 Å². The average Bonchev–Trinajstić information content (AvgIpc) is 2.92. The van der Waals surface area contributed by atoms with Gasteiger partial charge in [-0.15, -0.1) is 0 Å². The van der Waals surface area contributed by atoms with Gasteiger partial charge in [-0.1, -0.05) is 13.8 Å². The van der Waals surface area contributed by atoms with Crippen LogP contribution in [0.2, 0.25) is 0 Å². The van der Waals surface area contributed by atoms with Crippen LogP contribution in [0.4, 0.5) is 5.69 Å². The second-order valence-electron chi connectivity index (χ2n) is 5.08. The van der Waals surface area contributed by atoms with Gasteiger partial charge < -0.3 is 11.1 Å². The van der Waals surface area contributed by atoms with Gasteiger partial charge in [-0.25, -0.2) is 9.67 Å². The van der Waals surface area contributed by atoms with Crippen LogP contribution in [0.5, 0.6) is 0 Å². The molecule has 20 heavy (non-hydrogen) atoms. The smallest absolute Gasteiger partial charge is 0.241 e. The number of nitrogens with two attached hydrogens (primary N) is 1. The maximum absolute atomic E-state index is 11.9. The van der Waals surface area contributed by atoms with Gasteiger partial charge in [0.05, 0.1) is 17.9 Å². The zero-order valence-electron chi connectivity index (χ0n) is 11.7. The van der Waals surface area contributed by atoms with Gasteiger partial charge >= 0.3 is 0 Å². The highest BCUT2D eigenvalue weighted by Gasteiger charge is 2.15. The molecule has 0 spiro atoms. The largest absolute Gasteiger partial charge is 0.323 e. The van der Waals surface area contributed by atoms with Gasteiger partial charge in [-0.2, -0.15) is 5.10 Å². The van der Waals surface area contributed by atoms with Crippen molar-refractivity contribution < 1.29 is 4.79 Å². The summed E-state index contributed by atoms with van der Waals surface area (Å²) in [5.74, 6) is 0.892. The number of anilines is 1. The second-order valence-corrected chi connectivity index (χ2v) is 5.08. The van der Waals surface area contributed by atoms with Gasteiger partial charge in [0.15, 0.2) is 5.82 Å². The van der Waals surface area contributed by atoms with Crippen molar-refractivity contribution >= 4 is 11.6 Å². The minimum absolute atomic E-state index is 0.188.